The highest BCUT2D eigenvalue weighted by atomic mass is 32.2. The molecule has 0 heterocycles. The molecule has 0 aliphatic heterocycles. The number of phenols is 1. The number of nitrogens with one attached hydrogen (secondary N) is 3. The van der Waals surface area contributed by atoms with E-state index in [1.165, 1.54) is 23.9 Å². The van der Waals surface area contributed by atoms with E-state index in [0.29, 0.717) is 17.7 Å². The summed E-state index contributed by atoms with van der Waals surface area (Å²) in [6.07, 6.45) is 2.40. The number of thioether (sulfide) groups is 1. The monoisotopic (exact) mass is 516 g/mol. The van der Waals surface area contributed by atoms with Crippen molar-refractivity contribution in [2.75, 3.05) is 18.6 Å². The van der Waals surface area contributed by atoms with Crippen LogP contribution in [0.25, 0.3) is 0 Å². The van der Waals surface area contributed by atoms with Crippen LogP contribution in [0.15, 0.2) is 54.6 Å². The zero-order valence-electron chi connectivity index (χ0n) is 20.0. The van der Waals surface area contributed by atoms with Crippen LogP contribution in [0.1, 0.15) is 17.5 Å². The minimum absolute atomic E-state index is 0.0429. The first kappa shape index (κ1) is 28.7. The van der Waals surface area contributed by atoms with E-state index in [9.17, 15) is 29.4 Å². The average Bonchev–Trinajstić information content (AvgIpc) is 2.86. The van der Waals surface area contributed by atoms with Gasteiger partial charge in [-0.15, -0.1) is 0 Å². The topological polar surface area (TPSA) is 171 Å². The maximum absolute atomic E-state index is 12.9. The van der Waals surface area contributed by atoms with Gasteiger partial charge in [0.05, 0.1) is 12.6 Å². The fourth-order valence-corrected chi connectivity index (χ4v) is 3.82. The van der Waals surface area contributed by atoms with Crippen LogP contribution in [-0.4, -0.2) is 70.6 Å². The standard InChI is InChI=1S/C25H32N4O6S/c1-36-12-11-20(25(34)35)29-24(33)21(14-17-7-9-18(30)10-8-17)28-22(31)15-27-23(32)19(26)13-16-5-3-2-4-6-16/h2-10,19-21,30H,11-15,26H2,1H3,(H,27,32)(H,28,31)(H,29,33)(H,34,35). The van der Waals surface area contributed by atoms with Crippen LogP contribution in [0.4, 0.5) is 0 Å². The maximum atomic E-state index is 12.9. The lowest BCUT2D eigenvalue weighted by molar-refractivity contribution is -0.142. The predicted octanol–water partition coefficient (Wildman–Crippen LogP) is 0.428. The predicted molar refractivity (Wildman–Crippen MR) is 137 cm³/mol. The zero-order valence-corrected chi connectivity index (χ0v) is 20.8. The highest BCUT2D eigenvalue weighted by Crippen LogP contribution is 2.12. The van der Waals surface area contributed by atoms with Gasteiger partial charge in [0.25, 0.3) is 0 Å². The molecule has 0 aliphatic rings. The summed E-state index contributed by atoms with van der Waals surface area (Å²) < 4.78 is 0. The Kier molecular flexibility index (Phi) is 11.7. The molecule has 194 valence electrons. The van der Waals surface area contributed by atoms with E-state index in [4.69, 9.17) is 5.73 Å². The van der Waals surface area contributed by atoms with Gasteiger partial charge in [-0.2, -0.15) is 11.8 Å². The van der Waals surface area contributed by atoms with E-state index in [1.54, 1.807) is 12.1 Å². The molecule has 7 N–H and O–H groups in total. The second-order valence-corrected chi connectivity index (χ2v) is 9.17. The van der Waals surface area contributed by atoms with Gasteiger partial charge in [0.15, 0.2) is 0 Å². The number of carbonyl (C=O) groups is 4. The minimum Gasteiger partial charge on any atom is -0.508 e. The molecule has 2 rings (SSSR count). The highest BCUT2D eigenvalue weighted by Gasteiger charge is 2.27. The fraction of sp³-hybridized carbons (Fsp3) is 0.360. The molecule has 3 atom stereocenters. The Hall–Kier alpha value is -3.57. The first-order chi connectivity index (χ1) is 17.2. The third-order valence-corrected chi connectivity index (χ3v) is 5.96. The van der Waals surface area contributed by atoms with E-state index in [2.05, 4.69) is 16.0 Å². The molecule has 0 saturated heterocycles. The molecule has 11 heteroatoms. The van der Waals surface area contributed by atoms with E-state index in [-0.39, 0.29) is 18.6 Å². The molecule has 2 aromatic carbocycles. The molecule has 36 heavy (non-hydrogen) atoms. The number of rotatable bonds is 14. The molecule has 0 saturated carbocycles. The number of aromatic hydroxyl groups is 1. The molecule has 2 aromatic rings. The quantitative estimate of drug-likeness (QED) is 0.210. The molecule has 0 aromatic heterocycles. The first-order valence-corrected chi connectivity index (χ1v) is 12.8. The number of carboxylic acids is 1. The van der Waals surface area contributed by atoms with Gasteiger partial charge in [-0.05, 0) is 48.1 Å². The SMILES string of the molecule is CSCCC(NC(=O)C(Cc1ccc(O)cc1)NC(=O)CNC(=O)C(N)Cc1ccccc1)C(=O)O. The second kappa shape index (κ2) is 14.7. The third kappa shape index (κ3) is 9.96. The van der Waals surface area contributed by atoms with Gasteiger partial charge in [-0.3, -0.25) is 14.4 Å². The van der Waals surface area contributed by atoms with Crippen molar-refractivity contribution in [3.8, 4) is 5.75 Å². The van der Waals surface area contributed by atoms with E-state index in [1.807, 2.05) is 36.6 Å². The second-order valence-electron chi connectivity index (χ2n) is 8.19. The summed E-state index contributed by atoms with van der Waals surface area (Å²) in [6.45, 7) is -0.407. The van der Waals surface area contributed by atoms with Crippen LogP contribution in [0.5, 0.6) is 5.75 Å². The van der Waals surface area contributed by atoms with E-state index < -0.39 is 48.4 Å². The van der Waals surface area contributed by atoms with Gasteiger partial charge in [0.2, 0.25) is 17.7 Å². The normalized spacial score (nSPS) is 13.2. The number of carboxylic acid groups (broad SMARTS) is 1. The number of hydrogen-bond donors (Lipinski definition) is 6. The molecule has 0 radical (unpaired) electrons. The lowest BCUT2D eigenvalue weighted by atomic mass is 10.0. The fourth-order valence-electron chi connectivity index (χ4n) is 3.35. The van der Waals surface area contributed by atoms with Crippen molar-refractivity contribution in [3.63, 3.8) is 0 Å². The van der Waals surface area contributed by atoms with Gasteiger partial charge in [-0.1, -0.05) is 42.5 Å². The van der Waals surface area contributed by atoms with E-state index >= 15 is 0 Å². The molecule has 10 nitrogen and oxygen atoms in total. The summed E-state index contributed by atoms with van der Waals surface area (Å²) in [5, 5.41) is 26.4. The van der Waals surface area contributed by atoms with Gasteiger partial charge in [0.1, 0.15) is 17.8 Å². The Bertz CT molecular complexity index is 1020. The summed E-state index contributed by atoms with van der Waals surface area (Å²) >= 11 is 1.45. The van der Waals surface area contributed by atoms with Crippen molar-refractivity contribution in [2.45, 2.75) is 37.4 Å². The van der Waals surface area contributed by atoms with Gasteiger partial charge in [0, 0.05) is 6.42 Å². The van der Waals surface area contributed by atoms with Gasteiger partial charge >= 0.3 is 5.97 Å². The summed E-state index contributed by atoms with van der Waals surface area (Å²) in [4.78, 5) is 49.4. The Morgan fingerprint density at radius 2 is 1.53 bits per heavy atom. The van der Waals surface area contributed by atoms with Crippen molar-refractivity contribution < 1.29 is 29.4 Å². The van der Waals surface area contributed by atoms with Crippen molar-refractivity contribution in [3.05, 3.63) is 65.7 Å². The molecule has 3 amide bonds. The number of nitrogens with two attached hydrogens (primary N) is 1. The molecule has 0 fully saturated rings. The Morgan fingerprint density at radius 3 is 2.14 bits per heavy atom. The largest absolute Gasteiger partial charge is 0.508 e. The Morgan fingerprint density at radius 1 is 0.889 bits per heavy atom. The van der Waals surface area contributed by atoms with Crippen molar-refractivity contribution in [1.82, 2.24) is 16.0 Å². The number of aliphatic carboxylic acids is 1. The molecular formula is C25H32N4O6S. The van der Waals surface area contributed by atoms with Crippen LogP contribution in [0, 0.1) is 0 Å². The average molecular weight is 517 g/mol. The third-order valence-electron chi connectivity index (χ3n) is 5.31. The summed E-state index contributed by atoms with van der Waals surface area (Å²) in [6, 6.07) is 12.2. The molecule has 0 aliphatic carbocycles. The first-order valence-electron chi connectivity index (χ1n) is 11.4. The van der Waals surface area contributed by atoms with Crippen molar-refractivity contribution >= 4 is 35.5 Å². The zero-order chi connectivity index (χ0) is 26.5. The smallest absolute Gasteiger partial charge is 0.326 e. The molecule has 0 spiro atoms. The van der Waals surface area contributed by atoms with Crippen LogP contribution in [-0.2, 0) is 32.0 Å². The summed E-state index contributed by atoms with van der Waals surface area (Å²) in [5.41, 5.74) is 7.45. The number of amides is 3. The molecule has 0 bridgehead atoms. The number of carbonyl (C=O) groups excluding carboxylic acids is 3. The number of benzene rings is 2. The van der Waals surface area contributed by atoms with Gasteiger partial charge in [-0.25, -0.2) is 4.79 Å². The Labute approximate surface area is 214 Å². The van der Waals surface area contributed by atoms with Crippen molar-refractivity contribution in [2.24, 2.45) is 5.73 Å². The summed E-state index contributed by atoms with van der Waals surface area (Å²) in [7, 11) is 0. The maximum Gasteiger partial charge on any atom is 0.326 e. The van der Waals surface area contributed by atoms with Crippen LogP contribution < -0.4 is 21.7 Å². The number of hydrogen-bond acceptors (Lipinski definition) is 7. The summed E-state index contributed by atoms with van der Waals surface area (Å²) in [5.74, 6) is -2.42. The van der Waals surface area contributed by atoms with E-state index in [0.717, 1.165) is 5.56 Å². The van der Waals surface area contributed by atoms with Crippen LogP contribution in [0.2, 0.25) is 0 Å². The number of phenolic OH excluding ortho intramolecular Hbond substituents is 1. The molecule has 3 unspecified atom stereocenters. The minimum atomic E-state index is -1.17. The lowest BCUT2D eigenvalue weighted by Crippen LogP contribution is -2.54. The van der Waals surface area contributed by atoms with Gasteiger partial charge < -0.3 is 31.9 Å². The van der Waals surface area contributed by atoms with Crippen LogP contribution >= 0.6 is 11.8 Å². The van der Waals surface area contributed by atoms with Crippen molar-refractivity contribution in [1.29, 1.82) is 0 Å². The molecular weight excluding hydrogens is 484 g/mol. The van der Waals surface area contributed by atoms with Crippen LogP contribution in [0.3, 0.4) is 0 Å². The lowest BCUT2D eigenvalue weighted by Gasteiger charge is -2.22. The highest BCUT2D eigenvalue weighted by molar-refractivity contribution is 7.98. The Balaban J connectivity index is 2.01.